The Kier molecular flexibility index (Phi) is 33.1. The van der Waals surface area contributed by atoms with E-state index in [1.165, 1.54) is 232 Å². The molecule has 0 saturated heterocycles. The van der Waals surface area contributed by atoms with Crippen LogP contribution in [0, 0.1) is 45.3 Å². The highest BCUT2D eigenvalue weighted by Gasteiger charge is 2.73. The van der Waals surface area contributed by atoms with Gasteiger partial charge in [-0.3, -0.25) is 4.79 Å². The number of rotatable bonds is 46. The lowest BCUT2D eigenvalue weighted by Crippen LogP contribution is -2.67. The Morgan fingerprint density at radius 1 is 0.566 bits per heavy atom. The number of nitrogens with zero attached hydrogens (tertiary/aromatic N) is 1. The van der Waals surface area contributed by atoms with E-state index in [9.17, 15) is 15.0 Å². The van der Waals surface area contributed by atoms with Crippen molar-refractivity contribution in [2.45, 2.75) is 336 Å². The van der Waals surface area contributed by atoms with E-state index < -0.39 is 6.10 Å². The van der Waals surface area contributed by atoms with E-state index in [1.54, 1.807) is 5.57 Å². The van der Waals surface area contributed by atoms with Gasteiger partial charge in [0, 0.05) is 18.9 Å². The molecule has 1 unspecified atom stereocenters. The van der Waals surface area contributed by atoms with Crippen LogP contribution in [0.3, 0.4) is 0 Å². The monoisotopic (exact) mass is 1060 g/mol. The van der Waals surface area contributed by atoms with Gasteiger partial charge in [0.25, 0.3) is 0 Å². The lowest BCUT2D eigenvalue weighted by molar-refractivity contribution is -0.231. The molecule has 0 spiro atoms. The topological polar surface area (TPSA) is 72.8 Å². The van der Waals surface area contributed by atoms with Crippen molar-refractivity contribution in [3.8, 4) is 0 Å². The van der Waals surface area contributed by atoms with Crippen molar-refractivity contribution in [2.75, 3.05) is 26.2 Å². The van der Waals surface area contributed by atoms with E-state index in [4.69, 9.17) is 0 Å². The van der Waals surface area contributed by atoms with Crippen LogP contribution < -0.4 is 5.32 Å². The van der Waals surface area contributed by atoms with E-state index in [2.05, 4.69) is 83.1 Å². The molecule has 4 aliphatic carbocycles. The Balaban J connectivity index is 1.28. The van der Waals surface area contributed by atoms with E-state index in [0.717, 1.165) is 70.8 Å². The number of aliphatic hydroxyl groups is 2. The minimum Gasteiger partial charge on any atom is -0.393 e. The fraction of sp³-hybridized carbons (Fsp3) is 0.901. The summed E-state index contributed by atoms with van der Waals surface area (Å²) in [6.45, 7) is 28.0. The first-order valence-electron chi connectivity index (χ1n) is 34.2. The molecule has 0 aromatic rings. The highest BCUT2D eigenvalue weighted by molar-refractivity contribution is 5.75. The fourth-order valence-electron chi connectivity index (χ4n) is 17.1. The average Bonchev–Trinajstić information content (AvgIpc) is 3.82. The molecular weight excluding hydrogens is 929 g/mol. The third-order valence-electron chi connectivity index (χ3n) is 22.0. The zero-order valence-electron chi connectivity index (χ0n) is 51.8. The predicted molar refractivity (Wildman–Crippen MR) is 331 cm³/mol. The van der Waals surface area contributed by atoms with Gasteiger partial charge >= 0.3 is 0 Å². The van der Waals surface area contributed by atoms with Gasteiger partial charge < -0.3 is 20.4 Å². The van der Waals surface area contributed by atoms with Crippen molar-refractivity contribution in [1.29, 1.82) is 0 Å². The predicted octanol–water partition coefficient (Wildman–Crippen LogP) is 20.2. The van der Waals surface area contributed by atoms with Gasteiger partial charge in [0.1, 0.15) is 0 Å². The first-order chi connectivity index (χ1) is 36.9. The molecule has 76 heavy (non-hydrogen) atoms. The summed E-state index contributed by atoms with van der Waals surface area (Å²) in [5, 5.41) is 26.3. The van der Waals surface area contributed by atoms with Crippen molar-refractivity contribution in [1.82, 2.24) is 10.2 Å². The first kappa shape index (κ1) is 67.1. The lowest BCUT2D eigenvalue weighted by Gasteiger charge is -2.71. The molecule has 4 fully saturated rings. The second-order valence-corrected chi connectivity index (χ2v) is 27.1. The smallest absolute Gasteiger partial charge is 0.220 e. The average molecular weight is 1060 g/mol. The van der Waals surface area contributed by atoms with Gasteiger partial charge in [0.15, 0.2) is 0 Å². The summed E-state index contributed by atoms with van der Waals surface area (Å²) in [4.78, 5) is 16.5. The molecule has 5 heteroatoms. The summed E-state index contributed by atoms with van der Waals surface area (Å²) in [6, 6.07) is 0. The van der Waals surface area contributed by atoms with Crippen LogP contribution in [0.15, 0.2) is 37.0 Å². The second kappa shape index (κ2) is 37.6. The van der Waals surface area contributed by atoms with Gasteiger partial charge in [-0.25, -0.2) is 0 Å². The summed E-state index contributed by atoms with van der Waals surface area (Å²) in [5.41, 5.74) is 1.36. The van der Waals surface area contributed by atoms with Crippen molar-refractivity contribution < 1.29 is 15.0 Å². The molecule has 5 nitrogen and oxygen atoms in total. The Morgan fingerprint density at radius 2 is 1.03 bits per heavy atom. The Hall–Kier alpha value is -1.43. The van der Waals surface area contributed by atoms with Crippen LogP contribution in [0.5, 0.6) is 0 Å². The first-order valence-corrected chi connectivity index (χ1v) is 34.2. The van der Waals surface area contributed by atoms with Crippen molar-refractivity contribution in [2.24, 2.45) is 45.3 Å². The minimum atomic E-state index is -0.420. The number of hydrogen-bond donors (Lipinski definition) is 3. The number of unbranched alkanes of at least 4 members (excludes halogenated alkanes) is 27. The van der Waals surface area contributed by atoms with Crippen molar-refractivity contribution in [3.63, 3.8) is 0 Å². The maximum Gasteiger partial charge on any atom is 0.220 e. The van der Waals surface area contributed by atoms with Crippen LogP contribution in [0.4, 0.5) is 0 Å². The van der Waals surface area contributed by atoms with Gasteiger partial charge in [-0.15, -0.1) is 13.2 Å². The number of carbonyl (C=O) groups excluding carboxylic acids is 1. The highest BCUT2D eigenvalue weighted by Crippen LogP contribution is 2.78. The summed E-state index contributed by atoms with van der Waals surface area (Å²) in [5.74, 6) is 1.53. The Bertz CT molecular complexity index is 1550. The molecule has 0 aliphatic heterocycles. The molecule has 0 aromatic heterocycles. The summed E-state index contributed by atoms with van der Waals surface area (Å²) in [7, 11) is 0. The fourth-order valence-corrected chi connectivity index (χ4v) is 17.1. The molecule has 0 heterocycles. The van der Waals surface area contributed by atoms with Crippen LogP contribution in [0.1, 0.15) is 324 Å². The number of allylic oxidation sites excluding steroid dienone is 3. The van der Waals surface area contributed by atoms with Crippen molar-refractivity contribution >= 4 is 5.91 Å². The summed E-state index contributed by atoms with van der Waals surface area (Å²) >= 11 is 0. The molecule has 0 bridgehead atoms. The minimum absolute atomic E-state index is 0.0204. The van der Waals surface area contributed by atoms with Crippen molar-refractivity contribution in [3.05, 3.63) is 37.0 Å². The van der Waals surface area contributed by atoms with Gasteiger partial charge in [-0.05, 0) is 162 Å². The molecular formula is C71H130N2O3. The quantitative estimate of drug-likeness (QED) is 0.0420. The lowest BCUT2D eigenvalue weighted by atomic mass is 9.33. The van der Waals surface area contributed by atoms with Gasteiger partial charge in [0.2, 0.25) is 5.91 Å². The maximum atomic E-state index is 13.6. The molecule has 442 valence electrons. The van der Waals surface area contributed by atoms with Gasteiger partial charge in [-0.2, -0.15) is 0 Å². The molecule has 3 N–H and O–H groups in total. The molecule has 1 amide bonds. The normalized spacial score (nSPS) is 28.8. The number of fused-ring (bicyclic) bond motifs is 5. The largest absolute Gasteiger partial charge is 0.393 e. The molecule has 4 aliphatic rings. The number of amides is 1. The third-order valence-corrected chi connectivity index (χ3v) is 22.0. The molecule has 10 atom stereocenters. The van der Waals surface area contributed by atoms with Crippen LogP contribution in [0.2, 0.25) is 0 Å². The summed E-state index contributed by atoms with van der Waals surface area (Å²) in [6.07, 6.45) is 62.2. The second-order valence-electron chi connectivity index (χ2n) is 27.1. The molecule has 0 radical (unpaired) electrons. The van der Waals surface area contributed by atoms with Crippen LogP contribution in [-0.2, 0) is 4.79 Å². The number of hydrogen-bond acceptors (Lipinski definition) is 4. The van der Waals surface area contributed by atoms with E-state index >= 15 is 0 Å². The molecule has 4 saturated carbocycles. The van der Waals surface area contributed by atoms with E-state index in [0.29, 0.717) is 24.2 Å². The van der Waals surface area contributed by atoms with Gasteiger partial charge in [-0.1, -0.05) is 239 Å². The highest BCUT2D eigenvalue weighted by atomic mass is 16.3. The van der Waals surface area contributed by atoms with Crippen LogP contribution >= 0.6 is 0 Å². The Morgan fingerprint density at radius 3 is 1.54 bits per heavy atom. The SMILES string of the molecule is C=C[C@]12CC[C@]3(C)[C@@H]([C@H](C)CCC(=O)NCC/C=C(\CCCCCCCCCCCC)CCCN(CCCCCCCCCCCC)CCCCCCCCCCCC)CC[C@@]3(C=C)[C@@H]1[C@@H](O)CC1C[C@H](O)CC[C@@]12C. The number of aliphatic hydroxyl groups excluding tert-OH is 2. The number of carbonyl (C=O) groups is 1. The standard InChI is InChI=1S/C71H130N2O3/c1-9-14-17-20-23-26-29-32-35-38-43-61(45-42-57-73(55-39-36-33-30-27-24-21-18-15-10-2)56-40-37-34-31-28-25-22-19-16-11-3)44-41-54-72-66(76)47-46-60(6)64-49-51-70(12-4)67-65(75)59-62-58-63(74)48-50-68(62,7)71(67,13-5)53-52-69(64,70)8/h12-13,44,60,62-65,67,74-75H,4-5,9-11,14-43,45-59H2,1-3,6-8H3,(H,72,76)/b61-44+/t60-,62?,63-,64-,65+,67+,68+,69-,70+,71+/m1/s1. The zero-order valence-corrected chi connectivity index (χ0v) is 51.8. The van der Waals surface area contributed by atoms with Crippen LogP contribution in [-0.4, -0.2) is 59.4 Å². The van der Waals surface area contributed by atoms with E-state index in [-0.39, 0.29) is 39.6 Å². The van der Waals surface area contributed by atoms with Gasteiger partial charge in [0.05, 0.1) is 12.2 Å². The third kappa shape index (κ3) is 20.2. The zero-order chi connectivity index (χ0) is 55.0. The maximum absolute atomic E-state index is 13.6. The Labute approximate surface area is 473 Å². The molecule has 4 rings (SSSR count). The van der Waals surface area contributed by atoms with E-state index in [1.807, 2.05) is 0 Å². The number of nitrogens with one attached hydrogen (secondary N) is 1. The summed E-state index contributed by atoms with van der Waals surface area (Å²) < 4.78 is 0. The molecule has 0 aromatic carbocycles. The van der Waals surface area contributed by atoms with Crippen LogP contribution in [0.25, 0.3) is 0 Å².